The molecule has 0 saturated carbocycles. The van der Waals surface area contributed by atoms with E-state index in [1.807, 2.05) is 0 Å². The van der Waals surface area contributed by atoms with E-state index in [0.29, 0.717) is 5.02 Å². The van der Waals surface area contributed by atoms with E-state index in [1.54, 1.807) is 24.3 Å². The van der Waals surface area contributed by atoms with Crippen molar-refractivity contribution in [1.82, 2.24) is 4.57 Å². The molecule has 1 aromatic heterocycles. The van der Waals surface area contributed by atoms with Gasteiger partial charge >= 0.3 is 12.1 Å². The largest absolute Gasteiger partial charge is 0.478 e. The lowest BCUT2D eigenvalue weighted by atomic mass is 10.2. The highest BCUT2D eigenvalue weighted by Gasteiger charge is 2.36. The summed E-state index contributed by atoms with van der Waals surface area (Å²) in [6, 6.07) is 6.55. The minimum atomic E-state index is -4.70. The lowest BCUT2D eigenvalue weighted by Gasteiger charge is -2.05. The number of aromatic nitrogens is 1. The smallest absolute Gasteiger partial charge is 0.418 e. The molecule has 0 radical (unpaired) electrons. The zero-order chi connectivity index (χ0) is 14.9. The number of carboxylic acid groups (broad SMARTS) is 1. The van der Waals surface area contributed by atoms with E-state index in [9.17, 15) is 18.0 Å². The normalized spacial score (nSPS) is 11.6. The summed E-state index contributed by atoms with van der Waals surface area (Å²) in [4.78, 5) is 10.8. The van der Waals surface area contributed by atoms with Crippen LogP contribution in [0.4, 0.5) is 13.2 Å². The first-order chi connectivity index (χ1) is 9.27. The van der Waals surface area contributed by atoms with Crippen LogP contribution in [0, 0.1) is 0 Å². The summed E-state index contributed by atoms with van der Waals surface area (Å²) in [6.07, 6.45) is -2.93. The van der Waals surface area contributed by atoms with Gasteiger partial charge in [-0.1, -0.05) is 23.7 Å². The number of hydrogen-bond acceptors (Lipinski definition) is 1. The molecule has 1 N–H and O–H groups in total. The zero-order valence-electron chi connectivity index (χ0n) is 9.99. The molecule has 0 atom stereocenters. The van der Waals surface area contributed by atoms with Crippen molar-refractivity contribution in [1.29, 1.82) is 0 Å². The van der Waals surface area contributed by atoms with Crippen LogP contribution in [-0.2, 0) is 12.7 Å². The topological polar surface area (TPSA) is 42.2 Å². The number of nitrogens with zero attached hydrogens (tertiary/aromatic N) is 1. The van der Waals surface area contributed by atoms with Crippen molar-refractivity contribution in [2.24, 2.45) is 0 Å². The average molecular weight is 304 g/mol. The van der Waals surface area contributed by atoms with Crippen LogP contribution in [0.3, 0.4) is 0 Å². The van der Waals surface area contributed by atoms with Crippen LogP contribution in [-0.4, -0.2) is 15.6 Å². The Morgan fingerprint density at radius 3 is 2.25 bits per heavy atom. The van der Waals surface area contributed by atoms with Crippen LogP contribution in [0.2, 0.25) is 5.02 Å². The van der Waals surface area contributed by atoms with Crippen LogP contribution in [0.5, 0.6) is 0 Å². The molecule has 1 aromatic carbocycles. The number of aromatic carboxylic acids is 1. The molecule has 3 nitrogen and oxygen atoms in total. The number of rotatable bonds is 3. The van der Waals surface area contributed by atoms with Gasteiger partial charge in [0.15, 0.2) is 0 Å². The first-order valence-corrected chi connectivity index (χ1v) is 5.90. The molecule has 0 bridgehead atoms. The molecular weight excluding hydrogens is 295 g/mol. The van der Waals surface area contributed by atoms with Gasteiger partial charge in [-0.25, -0.2) is 4.79 Å². The molecule has 0 fully saturated rings. The lowest BCUT2D eigenvalue weighted by molar-refractivity contribution is -0.138. The third-order valence-electron chi connectivity index (χ3n) is 2.69. The number of carboxylic acids is 1. The molecule has 7 heteroatoms. The Morgan fingerprint density at radius 1 is 1.20 bits per heavy atom. The Hall–Kier alpha value is -1.95. The van der Waals surface area contributed by atoms with Crippen LogP contribution in [0.1, 0.15) is 21.5 Å². The highest BCUT2D eigenvalue weighted by atomic mass is 35.5. The minimum Gasteiger partial charge on any atom is -0.478 e. The summed E-state index contributed by atoms with van der Waals surface area (Å²) in [5, 5.41) is 9.33. The van der Waals surface area contributed by atoms with Crippen molar-refractivity contribution in [2.45, 2.75) is 12.7 Å². The quantitative estimate of drug-likeness (QED) is 0.934. The number of benzene rings is 1. The second kappa shape index (κ2) is 5.20. The van der Waals surface area contributed by atoms with Crippen molar-refractivity contribution < 1.29 is 23.1 Å². The lowest BCUT2D eigenvalue weighted by Crippen LogP contribution is -2.09. The van der Waals surface area contributed by atoms with Gasteiger partial charge in [-0.15, -0.1) is 0 Å². The second-order valence-electron chi connectivity index (χ2n) is 4.19. The SMILES string of the molecule is O=C(O)c1cn(Cc2ccc(Cl)cc2)cc1C(F)(F)F. The van der Waals surface area contributed by atoms with E-state index >= 15 is 0 Å². The number of alkyl halides is 3. The average Bonchev–Trinajstić information content (AvgIpc) is 2.76. The van der Waals surface area contributed by atoms with Gasteiger partial charge in [0.05, 0.1) is 11.1 Å². The first-order valence-electron chi connectivity index (χ1n) is 5.52. The van der Waals surface area contributed by atoms with Crippen molar-refractivity contribution in [3.8, 4) is 0 Å². The molecule has 0 aliphatic rings. The predicted octanol–water partition coefficient (Wildman–Crippen LogP) is 3.91. The van der Waals surface area contributed by atoms with Gasteiger partial charge in [0.1, 0.15) is 0 Å². The zero-order valence-corrected chi connectivity index (χ0v) is 10.7. The van der Waals surface area contributed by atoms with E-state index in [2.05, 4.69) is 0 Å². The van der Waals surface area contributed by atoms with Crippen LogP contribution in [0.25, 0.3) is 0 Å². The predicted molar refractivity (Wildman–Crippen MR) is 66.9 cm³/mol. The summed E-state index contributed by atoms with van der Waals surface area (Å²) >= 11 is 5.71. The van der Waals surface area contributed by atoms with Crippen LogP contribution in [0.15, 0.2) is 36.7 Å². The van der Waals surface area contributed by atoms with E-state index in [0.717, 1.165) is 18.0 Å². The molecule has 1 heterocycles. The van der Waals surface area contributed by atoms with Crippen molar-refractivity contribution in [2.75, 3.05) is 0 Å². The molecule has 20 heavy (non-hydrogen) atoms. The van der Waals surface area contributed by atoms with Gasteiger partial charge in [-0.2, -0.15) is 13.2 Å². The maximum atomic E-state index is 12.7. The monoisotopic (exact) mass is 303 g/mol. The Balaban J connectivity index is 2.34. The minimum absolute atomic E-state index is 0.132. The third kappa shape index (κ3) is 3.14. The molecule has 0 saturated heterocycles. The molecule has 106 valence electrons. The summed E-state index contributed by atoms with van der Waals surface area (Å²) in [5.41, 5.74) is -1.19. The van der Waals surface area contributed by atoms with Crippen LogP contribution >= 0.6 is 11.6 Å². The molecule has 2 aromatic rings. The van der Waals surface area contributed by atoms with Gasteiger partial charge in [0.25, 0.3) is 0 Å². The molecular formula is C13H9ClF3NO2. The van der Waals surface area contributed by atoms with E-state index in [-0.39, 0.29) is 6.54 Å². The Labute approximate surface area is 117 Å². The summed E-state index contributed by atoms with van der Waals surface area (Å²) < 4.78 is 39.3. The Morgan fingerprint density at radius 2 is 1.80 bits per heavy atom. The van der Waals surface area contributed by atoms with Crippen molar-refractivity contribution in [3.05, 3.63) is 58.4 Å². The van der Waals surface area contributed by atoms with E-state index in [4.69, 9.17) is 16.7 Å². The van der Waals surface area contributed by atoms with Crippen molar-refractivity contribution in [3.63, 3.8) is 0 Å². The van der Waals surface area contributed by atoms with Gasteiger partial charge in [0.2, 0.25) is 0 Å². The van der Waals surface area contributed by atoms with Gasteiger partial charge in [0, 0.05) is 24.0 Å². The summed E-state index contributed by atoms with van der Waals surface area (Å²) in [6.45, 7) is 0.132. The fourth-order valence-corrected chi connectivity index (χ4v) is 1.92. The van der Waals surface area contributed by atoms with Gasteiger partial charge in [-0.3, -0.25) is 0 Å². The standard InChI is InChI=1S/C13H9ClF3NO2/c14-9-3-1-8(2-4-9)5-18-6-10(12(19)20)11(7-18)13(15,16)17/h1-4,6-7H,5H2,(H,19,20). The van der Waals surface area contributed by atoms with E-state index in [1.165, 1.54) is 4.57 Å². The maximum Gasteiger partial charge on any atom is 0.418 e. The summed E-state index contributed by atoms with van der Waals surface area (Å²) in [7, 11) is 0. The molecule has 0 aliphatic carbocycles. The molecule has 2 rings (SSSR count). The first kappa shape index (κ1) is 14.5. The van der Waals surface area contributed by atoms with E-state index < -0.39 is 23.3 Å². The molecule has 0 spiro atoms. The molecule has 0 amide bonds. The highest BCUT2D eigenvalue weighted by Crippen LogP contribution is 2.32. The second-order valence-corrected chi connectivity index (χ2v) is 4.62. The Kier molecular flexibility index (Phi) is 3.76. The van der Waals surface area contributed by atoms with Gasteiger partial charge < -0.3 is 9.67 Å². The summed E-state index contributed by atoms with van der Waals surface area (Å²) in [5.74, 6) is -1.60. The fourth-order valence-electron chi connectivity index (χ4n) is 1.80. The molecule has 0 aliphatic heterocycles. The van der Waals surface area contributed by atoms with Crippen molar-refractivity contribution >= 4 is 17.6 Å². The fraction of sp³-hybridized carbons (Fsp3) is 0.154. The number of carbonyl (C=O) groups is 1. The maximum absolute atomic E-state index is 12.7. The van der Waals surface area contributed by atoms with Crippen LogP contribution < -0.4 is 0 Å². The number of halogens is 4. The third-order valence-corrected chi connectivity index (χ3v) is 2.95. The van der Waals surface area contributed by atoms with Gasteiger partial charge in [-0.05, 0) is 17.7 Å². The Bertz CT molecular complexity index is 632. The molecule has 0 unspecified atom stereocenters. The number of hydrogen-bond donors (Lipinski definition) is 1. The highest BCUT2D eigenvalue weighted by molar-refractivity contribution is 6.30.